The van der Waals surface area contributed by atoms with Crippen molar-refractivity contribution in [2.24, 2.45) is 0 Å². The molecular formula is C8H21ClO2. The topological polar surface area (TPSA) is 40.5 Å². The molecule has 72 valence electrons. The number of rotatable bonds is 4. The number of aliphatic hydroxyl groups excluding tert-OH is 2. The Bertz CT molecular complexity index is 31.3. The van der Waals surface area contributed by atoms with Crippen molar-refractivity contribution < 1.29 is 10.2 Å². The Kier molecular flexibility index (Phi) is 50.3. The van der Waals surface area contributed by atoms with Crippen LogP contribution in [0.5, 0.6) is 0 Å². The van der Waals surface area contributed by atoms with Crippen LogP contribution in [0.25, 0.3) is 0 Å². The van der Waals surface area contributed by atoms with E-state index in [0.717, 1.165) is 20.1 Å². The summed E-state index contributed by atoms with van der Waals surface area (Å²) in [6, 6.07) is 0. The minimum atomic E-state index is 0.833. The summed E-state index contributed by atoms with van der Waals surface area (Å²) in [4.78, 5) is 0. The van der Waals surface area contributed by atoms with Crippen molar-refractivity contribution in [1.29, 1.82) is 0 Å². The fourth-order valence-electron chi connectivity index (χ4n) is 0.521. The lowest BCUT2D eigenvalue weighted by molar-refractivity contribution is 0.399. The molecule has 0 aromatic carbocycles. The molecule has 0 aromatic heterocycles. The first kappa shape index (κ1) is 17.3. The van der Waals surface area contributed by atoms with Crippen molar-refractivity contribution in [3.8, 4) is 0 Å². The van der Waals surface area contributed by atoms with E-state index in [9.17, 15) is 0 Å². The first-order valence-electron chi connectivity index (χ1n) is 3.87. The smallest absolute Gasteiger partial charge is 0.0319 e. The second-order valence-corrected chi connectivity index (χ2v) is 2.13. The summed E-state index contributed by atoms with van der Waals surface area (Å²) in [5.74, 6) is 0.833. The SMILES string of the molecule is CCCCCCCl.CO.CO. The van der Waals surface area contributed by atoms with Gasteiger partial charge in [0.05, 0.1) is 0 Å². The van der Waals surface area contributed by atoms with Gasteiger partial charge < -0.3 is 10.2 Å². The van der Waals surface area contributed by atoms with E-state index < -0.39 is 0 Å². The lowest BCUT2D eigenvalue weighted by Gasteiger charge is -1.89. The van der Waals surface area contributed by atoms with Crippen molar-refractivity contribution >= 4 is 11.6 Å². The maximum Gasteiger partial charge on any atom is 0.0319 e. The van der Waals surface area contributed by atoms with Crippen LogP contribution in [0.4, 0.5) is 0 Å². The molecule has 0 fully saturated rings. The van der Waals surface area contributed by atoms with Crippen LogP contribution in [0.3, 0.4) is 0 Å². The van der Waals surface area contributed by atoms with Crippen molar-refractivity contribution in [3.05, 3.63) is 0 Å². The molecule has 0 unspecified atom stereocenters. The average molecular weight is 185 g/mol. The molecule has 3 heteroatoms. The molecule has 2 N–H and O–H groups in total. The Balaban J connectivity index is -0.000000138. The molecule has 0 heterocycles. The highest BCUT2D eigenvalue weighted by molar-refractivity contribution is 6.17. The molecule has 11 heavy (non-hydrogen) atoms. The Morgan fingerprint density at radius 3 is 1.64 bits per heavy atom. The number of alkyl halides is 1. The van der Waals surface area contributed by atoms with Gasteiger partial charge in [0, 0.05) is 20.1 Å². The van der Waals surface area contributed by atoms with Crippen LogP contribution in [-0.4, -0.2) is 30.3 Å². The number of halogens is 1. The van der Waals surface area contributed by atoms with E-state index in [2.05, 4.69) is 6.92 Å². The summed E-state index contributed by atoms with van der Waals surface area (Å²) in [7, 11) is 2.00. The van der Waals surface area contributed by atoms with E-state index in [1.165, 1.54) is 25.7 Å². The Labute approximate surface area is 75.2 Å². The number of hydrogen-bond donors (Lipinski definition) is 2. The second kappa shape index (κ2) is 31.9. The predicted octanol–water partition coefficient (Wildman–Crippen LogP) is 2.02. The van der Waals surface area contributed by atoms with Crippen LogP contribution in [-0.2, 0) is 0 Å². The van der Waals surface area contributed by atoms with Crippen LogP contribution < -0.4 is 0 Å². The molecule has 0 atom stereocenters. The molecule has 0 aromatic rings. The second-order valence-electron chi connectivity index (χ2n) is 1.75. The monoisotopic (exact) mass is 184 g/mol. The average Bonchev–Trinajstić information content (AvgIpc) is 2.13. The fraction of sp³-hybridized carbons (Fsp3) is 1.00. The van der Waals surface area contributed by atoms with Crippen LogP contribution in [0.2, 0.25) is 0 Å². The standard InChI is InChI=1S/C6H13Cl.2CH4O/c1-2-3-4-5-6-7;2*1-2/h2-6H2,1H3;2*2H,1H3. The van der Waals surface area contributed by atoms with Gasteiger partial charge in [-0.15, -0.1) is 11.6 Å². The summed E-state index contributed by atoms with van der Waals surface area (Å²) in [5.41, 5.74) is 0. The van der Waals surface area contributed by atoms with Gasteiger partial charge in [-0.3, -0.25) is 0 Å². The molecule has 0 saturated carbocycles. The van der Waals surface area contributed by atoms with Crippen LogP contribution >= 0.6 is 11.6 Å². The summed E-state index contributed by atoms with van der Waals surface area (Å²) < 4.78 is 0. The third kappa shape index (κ3) is 38.8. The molecule has 0 aliphatic carbocycles. The van der Waals surface area contributed by atoms with E-state index in [4.69, 9.17) is 21.8 Å². The van der Waals surface area contributed by atoms with E-state index in [0.29, 0.717) is 0 Å². The van der Waals surface area contributed by atoms with Gasteiger partial charge in [-0.25, -0.2) is 0 Å². The van der Waals surface area contributed by atoms with Crippen LogP contribution in [0.1, 0.15) is 32.6 Å². The van der Waals surface area contributed by atoms with E-state index in [1.807, 2.05) is 0 Å². The minimum Gasteiger partial charge on any atom is -0.400 e. The fourth-order valence-corrected chi connectivity index (χ4v) is 0.710. The highest BCUT2D eigenvalue weighted by Gasteiger charge is 1.81. The maximum atomic E-state index is 7.00. The largest absolute Gasteiger partial charge is 0.400 e. The van der Waals surface area contributed by atoms with Gasteiger partial charge in [-0.1, -0.05) is 26.2 Å². The summed E-state index contributed by atoms with van der Waals surface area (Å²) in [5, 5.41) is 14.0. The van der Waals surface area contributed by atoms with Gasteiger partial charge in [0.15, 0.2) is 0 Å². The van der Waals surface area contributed by atoms with Gasteiger partial charge in [-0.2, -0.15) is 0 Å². The maximum absolute atomic E-state index is 7.00. The van der Waals surface area contributed by atoms with Crippen LogP contribution in [0.15, 0.2) is 0 Å². The predicted molar refractivity (Wildman–Crippen MR) is 51.1 cm³/mol. The first-order valence-corrected chi connectivity index (χ1v) is 4.40. The third-order valence-electron chi connectivity index (χ3n) is 0.987. The zero-order chi connectivity index (χ0) is 9.54. The highest BCUT2D eigenvalue weighted by atomic mass is 35.5. The van der Waals surface area contributed by atoms with E-state index >= 15 is 0 Å². The highest BCUT2D eigenvalue weighted by Crippen LogP contribution is 1.98. The summed E-state index contributed by atoms with van der Waals surface area (Å²) >= 11 is 5.44. The quantitative estimate of drug-likeness (QED) is 0.519. The molecule has 2 nitrogen and oxygen atoms in total. The summed E-state index contributed by atoms with van der Waals surface area (Å²) in [6.45, 7) is 2.20. The molecule has 0 saturated heterocycles. The number of hydrogen-bond acceptors (Lipinski definition) is 2. The molecule has 0 amide bonds. The van der Waals surface area contributed by atoms with Gasteiger partial charge in [0.2, 0.25) is 0 Å². The number of unbranched alkanes of at least 4 members (excludes halogenated alkanes) is 3. The van der Waals surface area contributed by atoms with Gasteiger partial charge in [0.25, 0.3) is 0 Å². The molecule has 0 radical (unpaired) electrons. The lowest BCUT2D eigenvalue weighted by Crippen LogP contribution is -1.74. The van der Waals surface area contributed by atoms with E-state index in [1.54, 1.807) is 0 Å². The molecule has 0 aliphatic heterocycles. The van der Waals surface area contributed by atoms with Crippen molar-refractivity contribution in [1.82, 2.24) is 0 Å². The van der Waals surface area contributed by atoms with Crippen LogP contribution in [0, 0.1) is 0 Å². The normalized spacial score (nSPS) is 7.09. The molecule has 0 aliphatic rings. The zero-order valence-electron chi connectivity index (χ0n) is 7.81. The van der Waals surface area contributed by atoms with Crippen molar-refractivity contribution in [3.63, 3.8) is 0 Å². The first-order chi connectivity index (χ1) is 5.41. The van der Waals surface area contributed by atoms with Gasteiger partial charge in [-0.05, 0) is 6.42 Å². The third-order valence-corrected chi connectivity index (χ3v) is 1.25. The number of aliphatic hydroxyl groups is 2. The van der Waals surface area contributed by atoms with Crippen molar-refractivity contribution in [2.75, 3.05) is 20.1 Å². The minimum absolute atomic E-state index is 0.833. The Hall–Kier alpha value is 0.210. The molecule has 0 rings (SSSR count). The Morgan fingerprint density at radius 1 is 0.909 bits per heavy atom. The van der Waals surface area contributed by atoms with E-state index in [-0.39, 0.29) is 0 Å². The summed E-state index contributed by atoms with van der Waals surface area (Å²) in [6.07, 6.45) is 5.14. The van der Waals surface area contributed by atoms with Crippen molar-refractivity contribution in [2.45, 2.75) is 32.6 Å². The molecule has 0 bridgehead atoms. The van der Waals surface area contributed by atoms with Gasteiger partial charge in [0.1, 0.15) is 0 Å². The zero-order valence-corrected chi connectivity index (χ0v) is 8.56. The Morgan fingerprint density at radius 2 is 1.36 bits per heavy atom. The molecule has 0 spiro atoms. The van der Waals surface area contributed by atoms with Gasteiger partial charge >= 0.3 is 0 Å². The molecular weight excluding hydrogens is 164 g/mol. The lowest BCUT2D eigenvalue weighted by atomic mass is 10.2.